The first-order chi connectivity index (χ1) is 16.5. The minimum absolute atomic E-state index is 0.0576. The molecule has 188 valence electrons. The van der Waals surface area contributed by atoms with Crippen LogP contribution in [-0.2, 0) is 33.5 Å². The summed E-state index contributed by atoms with van der Waals surface area (Å²) in [5.41, 5.74) is 5.33. The van der Waals surface area contributed by atoms with Gasteiger partial charge >= 0.3 is 17.9 Å². The third-order valence-corrected chi connectivity index (χ3v) is 6.77. The first-order valence-corrected chi connectivity index (χ1v) is 11.9. The largest absolute Gasteiger partial charge is 0.481 e. The molecule has 0 aromatic carbocycles. The Labute approximate surface area is 206 Å². The zero-order valence-electron chi connectivity index (χ0n) is 18.4. The van der Waals surface area contributed by atoms with Crippen molar-refractivity contribution in [1.82, 2.24) is 15.2 Å². The third kappa shape index (κ3) is 5.89. The second kappa shape index (κ2) is 10.7. The number of carboxylic acid groups (broad SMARTS) is 2. The standard InChI is InChI=1S/C19H21N5O9S2/c1-7(3-11(26)27)33-23-12(10-6-35-19(20)21-10)15(28)22-13-16(29)24-14(18(30)31)9(4-32-8(2)25)5-34-17(13)24/h6-7,13,17H,3-5H2,1-2H3,(H2,20,21)(H,22,28)(H,26,27)(H,30,31)/b23-12-/t7?,13?,17-/m1/s1. The van der Waals surface area contributed by atoms with Gasteiger partial charge in [0, 0.05) is 23.6 Å². The number of thioether (sulfide) groups is 1. The fraction of sp³-hybridized carbons (Fsp3) is 0.421. The van der Waals surface area contributed by atoms with Crippen LogP contribution in [0.5, 0.6) is 0 Å². The van der Waals surface area contributed by atoms with Crippen molar-refractivity contribution in [1.29, 1.82) is 0 Å². The molecule has 1 aromatic rings. The van der Waals surface area contributed by atoms with Crippen molar-refractivity contribution in [3.63, 3.8) is 0 Å². The average molecular weight is 528 g/mol. The van der Waals surface area contributed by atoms with E-state index in [4.69, 9.17) is 20.4 Å². The van der Waals surface area contributed by atoms with Gasteiger partial charge in [0.05, 0.1) is 6.42 Å². The smallest absolute Gasteiger partial charge is 0.352 e. The minimum Gasteiger partial charge on any atom is -0.481 e. The molecule has 0 aliphatic carbocycles. The van der Waals surface area contributed by atoms with Crippen LogP contribution in [-0.4, -0.2) is 85.4 Å². The molecule has 3 rings (SSSR count). The van der Waals surface area contributed by atoms with Gasteiger partial charge in [-0.3, -0.25) is 24.1 Å². The predicted octanol–water partition coefficient (Wildman–Crippen LogP) is -0.389. The van der Waals surface area contributed by atoms with Crippen LogP contribution in [0.2, 0.25) is 0 Å². The summed E-state index contributed by atoms with van der Waals surface area (Å²) in [5.74, 6) is -4.44. The van der Waals surface area contributed by atoms with E-state index in [9.17, 15) is 29.1 Å². The van der Waals surface area contributed by atoms with E-state index in [-0.39, 0.29) is 46.6 Å². The number of carboxylic acids is 2. The molecule has 0 radical (unpaired) electrons. The van der Waals surface area contributed by atoms with Gasteiger partial charge in [-0.2, -0.15) is 0 Å². The van der Waals surface area contributed by atoms with E-state index in [1.165, 1.54) is 31.0 Å². The summed E-state index contributed by atoms with van der Waals surface area (Å²) in [4.78, 5) is 69.7. The molecular formula is C19H21N5O9S2. The maximum Gasteiger partial charge on any atom is 0.352 e. The minimum atomic E-state index is -1.36. The highest BCUT2D eigenvalue weighted by Gasteiger charge is 2.54. The molecule has 0 bridgehead atoms. The van der Waals surface area contributed by atoms with Crippen molar-refractivity contribution in [2.75, 3.05) is 18.1 Å². The van der Waals surface area contributed by atoms with E-state index in [1.54, 1.807) is 0 Å². The van der Waals surface area contributed by atoms with E-state index in [2.05, 4.69) is 15.5 Å². The van der Waals surface area contributed by atoms with E-state index in [1.807, 2.05) is 0 Å². The Morgan fingerprint density at radius 2 is 2.09 bits per heavy atom. The van der Waals surface area contributed by atoms with Gasteiger partial charge < -0.3 is 30.8 Å². The van der Waals surface area contributed by atoms with Gasteiger partial charge in [-0.1, -0.05) is 5.16 Å². The van der Waals surface area contributed by atoms with Gasteiger partial charge in [-0.15, -0.1) is 23.1 Å². The van der Waals surface area contributed by atoms with Crippen molar-refractivity contribution < 1.29 is 43.8 Å². The first-order valence-electron chi connectivity index (χ1n) is 10.0. The fourth-order valence-electron chi connectivity index (χ4n) is 3.22. The van der Waals surface area contributed by atoms with Crippen LogP contribution < -0.4 is 11.1 Å². The van der Waals surface area contributed by atoms with Gasteiger partial charge in [0.15, 0.2) is 10.8 Å². The molecule has 2 unspecified atom stereocenters. The van der Waals surface area contributed by atoms with Crippen LogP contribution in [0.3, 0.4) is 0 Å². The molecule has 1 aromatic heterocycles. The molecule has 0 spiro atoms. The normalized spacial score (nSPS) is 20.5. The van der Waals surface area contributed by atoms with Gasteiger partial charge in [0.2, 0.25) is 0 Å². The molecule has 2 aliphatic rings. The zero-order chi connectivity index (χ0) is 25.9. The number of anilines is 1. The van der Waals surface area contributed by atoms with Gasteiger partial charge in [-0.05, 0) is 6.92 Å². The lowest BCUT2D eigenvalue weighted by Gasteiger charge is -2.49. The van der Waals surface area contributed by atoms with Crippen LogP contribution in [0, 0.1) is 0 Å². The summed E-state index contributed by atoms with van der Waals surface area (Å²) in [6, 6.07) is -1.07. The maximum atomic E-state index is 13.0. The van der Waals surface area contributed by atoms with Crippen LogP contribution in [0.25, 0.3) is 0 Å². The highest BCUT2D eigenvalue weighted by Crippen LogP contribution is 2.40. The molecule has 3 heterocycles. The Bertz CT molecular complexity index is 1130. The van der Waals surface area contributed by atoms with Gasteiger partial charge in [0.1, 0.15) is 35.5 Å². The van der Waals surface area contributed by atoms with Gasteiger partial charge in [0.25, 0.3) is 11.8 Å². The van der Waals surface area contributed by atoms with Crippen molar-refractivity contribution in [2.45, 2.75) is 37.8 Å². The van der Waals surface area contributed by atoms with Gasteiger partial charge in [-0.25, -0.2) is 9.78 Å². The molecule has 2 aliphatic heterocycles. The van der Waals surface area contributed by atoms with Crippen LogP contribution >= 0.6 is 23.1 Å². The second-order valence-electron chi connectivity index (χ2n) is 7.42. The van der Waals surface area contributed by atoms with Crippen LogP contribution in [0.1, 0.15) is 26.0 Å². The first kappa shape index (κ1) is 26.0. The lowest BCUT2D eigenvalue weighted by atomic mass is 10.0. The monoisotopic (exact) mass is 527 g/mol. The number of fused-ring (bicyclic) bond motifs is 1. The van der Waals surface area contributed by atoms with Crippen LogP contribution in [0.15, 0.2) is 21.8 Å². The summed E-state index contributed by atoms with van der Waals surface area (Å²) in [5, 5.41) is 25.6. The number of nitrogens with one attached hydrogen (secondary N) is 1. The predicted molar refractivity (Wildman–Crippen MR) is 122 cm³/mol. The lowest BCUT2D eigenvalue weighted by Crippen LogP contribution is -2.71. The number of nitrogens with zero attached hydrogens (tertiary/aromatic N) is 3. The lowest BCUT2D eigenvalue weighted by molar-refractivity contribution is -0.150. The topological polar surface area (TPSA) is 211 Å². The zero-order valence-corrected chi connectivity index (χ0v) is 20.1. The highest BCUT2D eigenvalue weighted by atomic mass is 32.2. The molecular weight excluding hydrogens is 506 g/mol. The number of amides is 2. The molecule has 3 atom stereocenters. The van der Waals surface area contributed by atoms with Crippen molar-refractivity contribution in [3.8, 4) is 0 Å². The number of rotatable bonds is 10. The van der Waals surface area contributed by atoms with Crippen molar-refractivity contribution >= 4 is 63.7 Å². The summed E-state index contributed by atoms with van der Waals surface area (Å²) in [7, 11) is 0. The number of hydrogen-bond donors (Lipinski definition) is 4. The van der Waals surface area contributed by atoms with Crippen molar-refractivity contribution in [2.24, 2.45) is 5.16 Å². The Kier molecular flexibility index (Phi) is 7.96. The number of nitrogen functional groups attached to an aromatic ring is 1. The number of nitrogens with two attached hydrogens (primary N) is 1. The SMILES string of the molecule is CC(=O)OCC1=C(C(=O)O)N2C(=O)C(NC(=O)/C(=N\OC(C)CC(=O)O)c3csc(N)n3)[C@H]2SC1. The van der Waals surface area contributed by atoms with E-state index in [0.29, 0.717) is 0 Å². The molecule has 0 saturated carbocycles. The maximum absolute atomic E-state index is 13.0. The van der Waals surface area contributed by atoms with E-state index in [0.717, 1.165) is 16.2 Å². The van der Waals surface area contributed by atoms with Crippen molar-refractivity contribution in [3.05, 3.63) is 22.3 Å². The number of carbonyl (C=O) groups is 5. The number of oxime groups is 1. The number of esters is 1. The summed E-state index contributed by atoms with van der Waals surface area (Å²) < 4.78 is 4.88. The highest BCUT2D eigenvalue weighted by molar-refractivity contribution is 8.00. The van der Waals surface area contributed by atoms with Crippen LogP contribution in [0.4, 0.5) is 5.13 Å². The number of carbonyl (C=O) groups excluding carboxylic acids is 3. The molecule has 5 N–H and O–H groups in total. The average Bonchev–Trinajstić information content (AvgIpc) is 3.20. The summed E-state index contributed by atoms with van der Waals surface area (Å²) in [6.45, 7) is 2.36. The Morgan fingerprint density at radius 1 is 1.37 bits per heavy atom. The molecule has 16 heteroatoms. The summed E-state index contributed by atoms with van der Waals surface area (Å²) >= 11 is 2.22. The Morgan fingerprint density at radius 3 is 2.66 bits per heavy atom. The Hall–Kier alpha value is -3.66. The molecule has 1 fully saturated rings. The number of thiazole rings is 1. The number of hydrogen-bond acceptors (Lipinski definition) is 12. The molecule has 14 nitrogen and oxygen atoms in total. The quantitative estimate of drug-likeness (QED) is 0.133. The Balaban J connectivity index is 1.78. The second-order valence-corrected chi connectivity index (χ2v) is 9.42. The fourth-order valence-corrected chi connectivity index (χ4v) is 5.09. The molecule has 35 heavy (non-hydrogen) atoms. The number of β-lactam (4-membered cyclic amide) rings is 1. The number of aromatic nitrogens is 1. The molecule has 1 saturated heterocycles. The third-order valence-electron chi connectivity index (χ3n) is 4.75. The molecule has 2 amide bonds. The van der Waals surface area contributed by atoms with E-state index < -0.39 is 47.2 Å². The number of aliphatic carboxylic acids is 2. The number of ether oxygens (including phenoxy) is 1. The summed E-state index contributed by atoms with van der Waals surface area (Å²) in [6.07, 6.45) is -1.23. The van der Waals surface area contributed by atoms with E-state index >= 15 is 0 Å².